The smallest absolute Gasteiger partial charge is 0.328 e. The van der Waals surface area contributed by atoms with Crippen molar-refractivity contribution in [3.05, 3.63) is 54.2 Å². The van der Waals surface area contributed by atoms with Crippen molar-refractivity contribution < 1.29 is 73.5 Å². The van der Waals surface area contributed by atoms with E-state index in [1.165, 1.54) is 24.3 Å². The minimum Gasteiger partial charge on any atom is -0.480 e. The Labute approximate surface area is 423 Å². The van der Waals surface area contributed by atoms with Crippen molar-refractivity contribution in [1.82, 2.24) is 57.1 Å². The summed E-state index contributed by atoms with van der Waals surface area (Å²) in [4.78, 5) is 143. The van der Waals surface area contributed by atoms with Crippen LogP contribution in [0.15, 0.2) is 43.0 Å². The molecule has 0 unspecified atom stereocenters. The zero-order valence-electron chi connectivity index (χ0n) is 41.0. The van der Waals surface area contributed by atoms with Crippen LogP contribution in [0.2, 0.25) is 0 Å². The second-order valence-corrected chi connectivity index (χ2v) is 18.3. The SMILES string of the molecule is CC(C)C[C@H](NC(=O)[C@H](CO)NC(=O)[C@H](CO)NC(=O)[C@H](CO)NC(=O)[C@H](CCC(N)=O)NC(=O)[C@@H](N)Cc1cnc[nH]1)C(=O)N1CCC[C@H]1C(=O)N[C@@H](Cc1c[nH]c2ccccc12)C(=O)N[C@H](C(=O)O)[C@@H](C)O. The Balaban J connectivity index is 1.43. The largest absolute Gasteiger partial charge is 0.480 e. The first-order chi connectivity index (χ1) is 35.1. The monoisotopic (exact) mass is 1040 g/mol. The Morgan fingerprint density at radius 3 is 1.81 bits per heavy atom. The van der Waals surface area contributed by atoms with E-state index < -0.39 is 139 Å². The lowest BCUT2D eigenvalue weighted by Crippen LogP contribution is -2.62. The molecule has 1 saturated heterocycles. The molecule has 1 aliphatic rings. The average molecular weight is 1040 g/mol. The van der Waals surface area contributed by atoms with Gasteiger partial charge in [-0.1, -0.05) is 32.0 Å². The van der Waals surface area contributed by atoms with Crippen molar-refractivity contribution in [2.24, 2.45) is 17.4 Å². The van der Waals surface area contributed by atoms with E-state index in [4.69, 9.17) is 11.5 Å². The van der Waals surface area contributed by atoms with E-state index in [2.05, 4.69) is 52.2 Å². The molecule has 3 heterocycles. The van der Waals surface area contributed by atoms with Gasteiger partial charge in [0.15, 0.2) is 6.04 Å². The molecule has 9 amide bonds. The first kappa shape index (κ1) is 59.0. The zero-order chi connectivity index (χ0) is 54.8. The first-order valence-electron chi connectivity index (χ1n) is 23.8. The van der Waals surface area contributed by atoms with Crippen LogP contribution in [0, 0.1) is 5.92 Å². The van der Waals surface area contributed by atoms with Gasteiger partial charge in [0.1, 0.15) is 42.3 Å². The number of primary amides is 1. The number of para-hydroxylation sites is 1. The Morgan fingerprint density at radius 1 is 0.730 bits per heavy atom. The molecule has 18 N–H and O–H groups in total. The number of hydrogen-bond acceptors (Lipinski definition) is 16. The Kier molecular flexibility index (Phi) is 22.4. The number of carbonyl (C=O) groups is 10. The molecule has 4 rings (SSSR count). The Hall–Kier alpha value is -7.53. The molecule has 2 aromatic heterocycles. The minimum absolute atomic E-state index is 0.00231. The fourth-order valence-electron chi connectivity index (χ4n) is 8.07. The molecular formula is C46H67N13O15. The number of hydrogen-bond donors (Lipinski definition) is 16. The van der Waals surface area contributed by atoms with Gasteiger partial charge in [-0.25, -0.2) is 9.78 Å². The molecule has 1 aromatic carbocycles. The van der Waals surface area contributed by atoms with Crippen molar-refractivity contribution in [1.29, 1.82) is 0 Å². The number of aliphatic hydroxyl groups excluding tert-OH is 4. The molecular weight excluding hydrogens is 975 g/mol. The molecule has 0 bridgehead atoms. The zero-order valence-corrected chi connectivity index (χ0v) is 41.0. The highest BCUT2D eigenvalue weighted by molar-refractivity contribution is 5.99. The number of benzene rings is 1. The number of fused-ring (bicyclic) bond motifs is 1. The van der Waals surface area contributed by atoms with Gasteiger partial charge in [0.2, 0.25) is 53.2 Å². The summed E-state index contributed by atoms with van der Waals surface area (Å²) in [7, 11) is 0. The third-order valence-electron chi connectivity index (χ3n) is 12.0. The number of aromatic amines is 2. The number of amides is 9. The van der Waals surface area contributed by atoms with Gasteiger partial charge < -0.3 is 89.1 Å². The third-order valence-corrected chi connectivity index (χ3v) is 12.0. The molecule has 28 nitrogen and oxygen atoms in total. The van der Waals surface area contributed by atoms with Crippen molar-refractivity contribution >= 4 is 70.0 Å². The number of rotatable bonds is 29. The van der Waals surface area contributed by atoms with E-state index in [0.29, 0.717) is 17.7 Å². The highest BCUT2D eigenvalue weighted by Crippen LogP contribution is 2.23. The maximum Gasteiger partial charge on any atom is 0.328 e. The number of carboxylic acids is 1. The fourth-order valence-corrected chi connectivity index (χ4v) is 8.07. The van der Waals surface area contributed by atoms with Crippen LogP contribution >= 0.6 is 0 Å². The molecule has 406 valence electrons. The highest BCUT2D eigenvalue weighted by Gasteiger charge is 2.41. The number of aliphatic carboxylic acids is 1. The second-order valence-electron chi connectivity index (χ2n) is 18.3. The maximum atomic E-state index is 14.3. The number of H-pyrrole nitrogens is 2. The van der Waals surface area contributed by atoms with Gasteiger partial charge in [0.05, 0.1) is 38.3 Å². The van der Waals surface area contributed by atoms with E-state index in [1.807, 2.05) is 0 Å². The van der Waals surface area contributed by atoms with E-state index in [9.17, 15) is 73.5 Å². The molecule has 1 fully saturated rings. The first-order valence-corrected chi connectivity index (χ1v) is 23.8. The lowest BCUT2D eigenvalue weighted by Gasteiger charge is -2.31. The van der Waals surface area contributed by atoms with Crippen LogP contribution in [0.1, 0.15) is 64.1 Å². The number of aliphatic hydroxyl groups is 4. The number of carboxylic acid groups (broad SMARTS) is 1. The van der Waals surface area contributed by atoms with E-state index in [0.717, 1.165) is 10.9 Å². The molecule has 10 atom stereocenters. The van der Waals surface area contributed by atoms with Gasteiger partial charge in [0, 0.05) is 54.8 Å². The van der Waals surface area contributed by atoms with E-state index in [1.54, 1.807) is 44.3 Å². The minimum atomic E-state index is -1.86. The third kappa shape index (κ3) is 16.8. The summed E-state index contributed by atoms with van der Waals surface area (Å²) >= 11 is 0. The number of nitrogens with zero attached hydrogens (tertiary/aromatic N) is 2. The standard InChI is InChI=1S/C46H67N13O15/c1-22(2)13-31(45(72)59-12-6-9-35(59)44(71)53-30(40(67)58-37(23(3)63)46(73)74)14-24-16-50-28-8-5-4-7-26(24)28)54-41(68)32(18-60)56-43(70)34(20-62)57-42(69)33(19-61)55-39(66)29(10-11-36(48)64)52-38(65)27(47)15-25-17-49-21-51-25/h4-5,7-8,16-17,21-23,27,29-35,37,50,60-63H,6,9-15,18-20,47H2,1-3H3,(H2,48,64)(H,49,51)(H,52,65)(H,53,71)(H,54,68)(H,55,66)(H,56,70)(H,57,69)(H,58,67)(H,73,74)/t23-,27+,29+,30+,31+,32+,33+,34+,35+,37+/m1/s1. The molecule has 3 aromatic rings. The van der Waals surface area contributed by atoms with Crippen LogP contribution in [-0.4, -0.2) is 191 Å². The van der Waals surface area contributed by atoms with Crippen molar-refractivity contribution in [3.63, 3.8) is 0 Å². The van der Waals surface area contributed by atoms with Crippen LogP contribution in [0.4, 0.5) is 0 Å². The molecule has 74 heavy (non-hydrogen) atoms. The predicted molar refractivity (Wildman–Crippen MR) is 259 cm³/mol. The second kappa shape index (κ2) is 28.1. The van der Waals surface area contributed by atoms with Gasteiger partial charge in [-0.15, -0.1) is 0 Å². The van der Waals surface area contributed by atoms with Gasteiger partial charge in [-0.05, 0) is 50.2 Å². The summed E-state index contributed by atoms with van der Waals surface area (Å²) in [6, 6.07) is -6.65. The van der Waals surface area contributed by atoms with Crippen LogP contribution < -0.4 is 48.7 Å². The van der Waals surface area contributed by atoms with Crippen LogP contribution in [0.3, 0.4) is 0 Å². The van der Waals surface area contributed by atoms with Gasteiger partial charge in [-0.3, -0.25) is 43.2 Å². The molecule has 0 aliphatic carbocycles. The predicted octanol–water partition coefficient (Wildman–Crippen LogP) is -5.86. The number of likely N-dealkylation sites (tertiary alicyclic amines) is 1. The summed E-state index contributed by atoms with van der Waals surface area (Å²) in [6.45, 7) is 1.47. The van der Waals surface area contributed by atoms with Gasteiger partial charge in [0.25, 0.3) is 0 Å². The summed E-state index contributed by atoms with van der Waals surface area (Å²) < 4.78 is 0. The summed E-state index contributed by atoms with van der Waals surface area (Å²) in [6.07, 6.45) is 2.51. The lowest BCUT2D eigenvalue weighted by atomic mass is 10.0. The van der Waals surface area contributed by atoms with E-state index >= 15 is 0 Å². The number of nitrogens with two attached hydrogens (primary N) is 2. The van der Waals surface area contributed by atoms with Crippen LogP contribution in [0.25, 0.3) is 10.9 Å². The summed E-state index contributed by atoms with van der Waals surface area (Å²) in [5.41, 5.74) is 13.0. The quantitative estimate of drug-likeness (QED) is 0.0308. The van der Waals surface area contributed by atoms with E-state index in [-0.39, 0.29) is 51.0 Å². The normalized spacial score (nSPS) is 17.0. The molecule has 0 saturated carbocycles. The van der Waals surface area contributed by atoms with Gasteiger partial charge >= 0.3 is 5.97 Å². The fraction of sp³-hybridized carbons (Fsp3) is 0.543. The summed E-state index contributed by atoms with van der Waals surface area (Å²) in [5.74, 6) is -10.4. The number of carbonyl (C=O) groups excluding carboxylic acids is 9. The number of imidazole rings is 1. The van der Waals surface area contributed by atoms with Crippen molar-refractivity contribution in [2.45, 2.75) is 126 Å². The van der Waals surface area contributed by atoms with Gasteiger partial charge in [-0.2, -0.15) is 0 Å². The average Bonchev–Trinajstić information content (AvgIpc) is 4.15. The Bertz CT molecular complexity index is 2450. The number of nitrogens with one attached hydrogen (secondary N) is 9. The molecule has 28 heteroatoms. The molecule has 0 radical (unpaired) electrons. The summed E-state index contributed by atoms with van der Waals surface area (Å²) in [5, 5.41) is 67.2. The van der Waals surface area contributed by atoms with Crippen molar-refractivity contribution in [3.8, 4) is 0 Å². The maximum absolute atomic E-state index is 14.3. The Morgan fingerprint density at radius 2 is 1.28 bits per heavy atom. The van der Waals surface area contributed by atoms with Crippen molar-refractivity contribution in [2.75, 3.05) is 26.4 Å². The number of aromatic nitrogens is 3. The molecule has 1 aliphatic heterocycles. The highest BCUT2D eigenvalue weighted by atomic mass is 16.4. The topological polar surface area (TPSA) is 456 Å². The molecule has 0 spiro atoms. The van der Waals surface area contributed by atoms with Crippen LogP contribution in [0.5, 0.6) is 0 Å². The van der Waals surface area contributed by atoms with Crippen LogP contribution in [-0.2, 0) is 60.8 Å². The lowest BCUT2D eigenvalue weighted by molar-refractivity contribution is -0.145.